The van der Waals surface area contributed by atoms with Crippen molar-refractivity contribution in [1.29, 1.82) is 0 Å². The van der Waals surface area contributed by atoms with Crippen LogP contribution in [0.3, 0.4) is 0 Å². The molecule has 0 aromatic rings. The summed E-state index contributed by atoms with van der Waals surface area (Å²) in [6.07, 6.45) is -0.126. The third kappa shape index (κ3) is 14.0. The summed E-state index contributed by atoms with van der Waals surface area (Å²) in [5.41, 5.74) is 0. The van der Waals surface area contributed by atoms with E-state index in [1.807, 2.05) is 4.90 Å². The van der Waals surface area contributed by atoms with Crippen molar-refractivity contribution in [3.8, 4) is 0 Å². The van der Waals surface area contributed by atoms with Crippen LogP contribution in [0.1, 0.15) is 0 Å². The van der Waals surface area contributed by atoms with Crippen LogP contribution in [0.4, 0.5) is 0 Å². The maximum Gasteiger partial charge on any atom is 0.317 e. The topological polar surface area (TPSA) is 203 Å². The highest BCUT2D eigenvalue weighted by atomic mass is 32.2. The SMILES string of the molecule is CS(=O)(=O)N(CCO)CC(O)CN1CCN(CC(=O)O)CCN(CC(=O)O)CCN(CC(=O)O)CC1. The molecule has 16 heteroatoms. The van der Waals surface area contributed by atoms with Gasteiger partial charge >= 0.3 is 17.9 Å². The first-order valence-electron chi connectivity index (χ1n) is 11.6. The molecule has 1 saturated heterocycles. The minimum absolute atomic E-state index is 0.0460. The second-order valence-electron chi connectivity index (χ2n) is 8.81. The lowest BCUT2D eigenvalue weighted by Gasteiger charge is -2.34. The Morgan fingerprint density at radius 2 is 1.08 bits per heavy atom. The zero-order valence-electron chi connectivity index (χ0n) is 20.6. The van der Waals surface area contributed by atoms with E-state index < -0.39 is 40.6 Å². The van der Waals surface area contributed by atoms with E-state index in [0.29, 0.717) is 13.1 Å². The minimum atomic E-state index is -3.65. The van der Waals surface area contributed by atoms with E-state index in [0.717, 1.165) is 10.6 Å². The normalized spacial score (nSPS) is 19.4. The molecule has 36 heavy (non-hydrogen) atoms. The summed E-state index contributed by atoms with van der Waals surface area (Å²) >= 11 is 0. The van der Waals surface area contributed by atoms with Crippen molar-refractivity contribution in [3.05, 3.63) is 0 Å². The molecule has 0 aromatic carbocycles. The summed E-state index contributed by atoms with van der Waals surface area (Å²) in [7, 11) is -3.65. The van der Waals surface area contributed by atoms with E-state index in [9.17, 15) is 43.2 Å². The van der Waals surface area contributed by atoms with E-state index in [4.69, 9.17) is 5.11 Å². The molecule has 0 bridgehead atoms. The third-order valence-corrected chi connectivity index (χ3v) is 6.98. The molecule has 5 N–H and O–H groups in total. The van der Waals surface area contributed by atoms with Gasteiger partial charge in [0.05, 0.1) is 38.6 Å². The molecule has 0 saturated carbocycles. The smallest absolute Gasteiger partial charge is 0.317 e. The molecular formula is C20H39N5O10S. The highest BCUT2D eigenvalue weighted by Gasteiger charge is 2.24. The van der Waals surface area contributed by atoms with Crippen LogP contribution in [-0.4, -0.2) is 186 Å². The first-order valence-corrected chi connectivity index (χ1v) is 13.4. The quantitative estimate of drug-likeness (QED) is 0.151. The molecule has 1 atom stereocenters. The lowest BCUT2D eigenvalue weighted by Crippen LogP contribution is -2.50. The number of aliphatic hydroxyl groups excluding tert-OH is 2. The molecule has 1 fully saturated rings. The number of nitrogens with zero attached hydrogens (tertiary/aromatic N) is 5. The minimum Gasteiger partial charge on any atom is -0.480 e. The fourth-order valence-electron chi connectivity index (χ4n) is 3.90. The number of carboxylic acids is 3. The van der Waals surface area contributed by atoms with Gasteiger partial charge in [-0.05, 0) is 0 Å². The number of hydrogen-bond donors (Lipinski definition) is 5. The number of rotatable bonds is 13. The number of aliphatic hydroxyl groups is 2. The molecule has 0 amide bonds. The number of aliphatic carboxylic acids is 3. The van der Waals surface area contributed by atoms with Crippen molar-refractivity contribution in [2.75, 3.05) is 104 Å². The summed E-state index contributed by atoms with van der Waals surface area (Å²) in [5.74, 6) is -3.13. The molecular weight excluding hydrogens is 502 g/mol. The largest absolute Gasteiger partial charge is 0.480 e. The van der Waals surface area contributed by atoms with Gasteiger partial charge in [0.25, 0.3) is 0 Å². The lowest BCUT2D eigenvalue weighted by molar-refractivity contribution is -0.140. The van der Waals surface area contributed by atoms with Crippen LogP contribution in [0.5, 0.6) is 0 Å². The number of sulfonamides is 1. The van der Waals surface area contributed by atoms with Crippen molar-refractivity contribution < 1.29 is 48.3 Å². The average Bonchev–Trinajstić information content (AvgIpc) is 2.73. The van der Waals surface area contributed by atoms with Gasteiger partial charge in [0.15, 0.2) is 0 Å². The van der Waals surface area contributed by atoms with E-state index in [2.05, 4.69) is 0 Å². The predicted octanol–water partition coefficient (Wildman–Crippen LogP) is -3.92. The fraction of sp³-hybridized carbons (Fsp3) is 0.850. The summed E-state index contributed by atoms with van der Waals surface area (Å²) in [4.78, 5) is 40.7. The van der Waals surface area contributed by atoms with Gasteiger partial charge in [0.2, 0.25) is 10.0 Å². The average molecular weight is 542 g/mol. The number of carboxylic acid groups (broad SMARTS) is 3. The summed E-state index contributed by atoms with van der Waals surface area (Å²) < 4.78 is 24.8. The second-order valence-corrected chi connectivity index (χ2v) is 10.8. The molecule has 0 aromatic heterocycles. The summed E-state index contributed by atoms with van der Waals surface area (Å²) in [6, 6.07) is 0. The molecule has 210 valence electrons. The maximum absolute atomic E-state index is 11.9. The van der Waals surface area contributed by atoms with Gasteiger partial charge in [-0.2, -0.15) is 4.31 Å². The van der Waals surface area contributed by atoms with Gasteiger partial charge in [-0.1, -0.05) is 0 Å². The Morgan fingerprint density at radius 1 is 0.750 bits per heavy atom. The molecule has 1 heterocycles. The first-order chi connectivity index (χ1) is 16.8. The van der Waals surface area contributed by atoms with Gasteiger partial charge in [-0.3, -0.25) is 34.0 Å². The number of carbonyl (C=O) groups is 3. The molecule has 1 aliphatic heterocycles. The zero-order valence-corrected chi connectivity index (χ0v) is 21.4. The Morgan fingerprint density at radius 3 is 1.36 bits per heavy atom. The van der Waals surface area contributed by atoms with Crippen molar-refractivity contribution >= 4 is 27.9 Å². The Bertz CT molecular complexity index is 783. The van der Waals surface area contributed by atoms with Crippen LogP contribution in [0, 0.1) is 0 Å². The molecule has 0 spiro atoms. The standard InChI is InChI=1S/C20H39N5O10S/c1-36(34,35)25(10-11-26)13-17(27)12-21-2-4-22(14-18(28)29)6-8-24(16-20(32)33)9-7-23(5-3-21)15-19(30)31/h17,26-27H,2-16H2,1H3,(H,28,29)(H,30,31)(H,32,33). The van der Waals surface area contributed by atoms with Crippen LogP contribution in [0.25, 0.3) is 0 Å². The van der Waals surface area contributed by atoms with Crippen molar-refractivity contribution in [1.82, 2.24) is 23.9 Å². The van der Waals surface area contributed by atoms with Gasteiger partial charge in [-0.25, -0.2) is 8.42 Å². The van der Waals surface area contributed by atoms with Gasteiger partial charge < -0.3 is 25.5 Å². The van der Waals surface area contributed by atoms with Gasteiger partial charge in [0.1, 0.15) is 0 Å². The van der Waals surface area contributed by atoms with Crippen LogP contribution >= 0.6 is 0 Å². The number of hydrogen-bond acceptors (Lipinski definition) is 11. The molecule has 0 radical (unpaired) electrons. The maximum atomic E-state index is 11.9. The zero-order chi connectivity index (χ0) is 27.3. The molecule has 1 unspecified atom stereocenters. The Hall–Kier alpha value is -1.92. The molecule has 0 aliphatic carbocycles. The Labute approximate surface area is 211 Å². The highest BCUT2D eigenvalue weighted by molar-refractivity contribution is 7.88. The van der Waals surface area contributed by atoms with Gasteiger partial charge in [-0.15, -0.1) is 0 Å². The molecule has 15 nitrogen and oxygen atoms in total. The predicted molar refractivity (Wildman–Crippen MR) is 128 cm³/mol. The Balaban J connectivity index is 3.01. The third-order valence-electron chi connectivity index (χ3n) is 5.71. The van der Waals surface area contributed by atoms with E-state index in [1.54, 1.807) is 14.7 Å². The van der Waals surface area contributed by atoms with Crippen LogP contribution in [-0.2, 0) is 24.4 Å². The second kappa shape index (κ2) is 16.0. The number of β-amino-alcohol motifs (C(OH)–C–C–N with tert-alkyl or cyclic N) is 1. The van der Waals surface area contributed by atoms with Crippen molar-refractivity contribution in [3.63, 3.8) is 0 Å². The van der Waals surface area contributed by atoms with E-state index in [-0.39, 0.29) is 78.5 Å². The fourth-order valence-corrected chi connectivity index (χ4v) is 4.76. The Kier molecular flexibility index (Phi) is 14.3. The van der Waals surface area contributed by atoms with E-state index >= 15 is 0 Å². The van der Waals surface area contributed by atoms with Crippen LogP contribution in [0.15, 0.2) is 0 Å². The summed E-state index contributed by atoms with van der Waals surface area (Å²) in [6.45, 7) is 0.719. The monoisotopic (exact) mass is 541 g/mol. The summed E-state index contributed by atoms with van der Waals surface area (Å²) in [5, 5.41) is 47.5. The first kappa shape index (κ1) is 32.1. The lowest BCUT2D eigenvalue weighted by atomic mass is 10.2. The van der Waals surface area contributed by atoms with Crippen LogP contribution < -0.4 is 0 Å². The van der Waals surface area contributed by atoms with Crippen molar-refractivity contribution in [2.45, 2.75) is 6.10 Å². The molecule has 1 rings (SSSR count). The van der Waals surface area contributed by atoms with E-state index in [1.165, 1.54) is 0 Å². The van der Waals surface area contributed by atoms with Crippen LogP contribution in [0.2, 0.25) is 0 Å². The van der Waals surface area contributed by atoms with Crippen molar-refractivity contribution in [2.24, 2.45) is 0 Å². The van der Waals surface area contributed by atoms with Gasteiger partial charge in [0, 0.05) is 72.0 Å². The molecule has 1 aliphatic rings. The highest BCUT2D eigenvalue weighted by Crippen LogP contribution is 2.05.